The van der Waals surface area contributed by atoms with E-state index < -0.39 is 6.04 Å². The summed E-state index contributed by atoms with van der Waals surface area (Å²) < 4.78 is 4.99. The number of unbranched alkanes of at least 4 members (excludes halogenated alkanes) is 2. The van der Waals surface area contributed by atoms with Crippen molar-refractivity contribution in [3.8, 4) is 0 Å². The lowest BCUT2D eigenvalue weighted by Crippen LogP contribution is -2.42. The molecule has 1 atom stereocenters. The van der Waals surface area contributed by atoms with Gasteiger partial charge in [-0.05, 0) is 32.1 Å². The summed E-state index contributed by atoms with van der Waals surface area (Å²) in [5.41, 5.74) is 0. The van der Waals surface area contributed by atoms with Crippen LogP contribution in [0.3, 0.4) is 0 Å². The van der Waals surface area contributed by atoms with Gasteiger partial charge in [0.2, 0.25) is 5.91 Å². The lowest BCUT2D eigenvalue weighted by Gasteiger charge is -2.19. The summed E-state index contributed by atoms with van der Waals surface area (Å²) in [5.74, 6) is -0.0543. The van der Waals surface area contributed by atoms with E-state index in [-0.39, 0.29) is 11.9 Å². The molecule has 0 aliphatic carbocycles. The molecule has 0 aromatic rings. The first-order chi connectivity index (χ1) is 9.01. The molecule has 0 aliphatic rings. The van der Waals surface area contributed by atoms with Gasteiger partial charge in [0.05, 0.1) is 6.61 Å². The van der Waals surface area contributed by atoms with E-state index in [9.17, 15) is 9.59 Å². The minimum atomic E-state index is -0.511. The Balaban J connectivity index is 4.15. The van der Waals surface area contributed by atoms with E-state index in [1.54, 1.807) is 6.92 Å². The predicted octanol–water partition coefficient (Wildman–Crippen LogP) is 3.04. The normalized spacial score (nSPS) is 12.3. The number of esters is 1. The second-order valence-corrected chi connectivity index (χ2v) is 5.79. The summed E-state index contributed by atoms with van der Waals surface area (Å²) in [6.45, 7) is 6.16. The smallest absolute Gasteiger partial charge is 0.328 e. The standard InChI is InChI=1S/C14H26BrNO3/c1-4-19-14(18)12(10-11(2)3)16-13(17)8-6-5-7-9-15/h11-12H,4-10H2,1-3H3,(H,16,17)/t12-/m0/s1. The molecule has 5 heteroatoms. The first-order valence-electron chi connectivity index (χ1n) is 7.03. The Kier molecular flexibility index (Phi) is 10.9. The van der Waals surface area contributed by atoms with Crippen molar-refractivity contribution in [1.29, 1.82) is 0 Å². The van der Waals surface area contributed by atoms with Crippen LogP contribution in [0.5, 0.6) is 0 Å². The van der Waals surface area contributed by atoms with Crippen molar-refractivity contribution in [2.24, 2.45) is 5.92 Å². The first kappa shape index (κ1) is 18.4. The van der Waals surface area contributed by atoms with Crippen LogP contribution in [0.25, 0.3) is 0 Å². The Morgan fingerprint density at radius 1 is 1.21 bits per heavy atom. The average Bonchev–Trinajstić information content (AvgIpc) is 2.33. The maximum atomic E-state index is 11.8. The topological polar surface area (TPSA) is 55.4 Å². The number of alkyl halides is 1. The molecule has 4 nitrogen and oxygen atoms in total. The molecule has 0 spiro atoms. The zero-order valence-corrected chi connectivity index (χ0v) is 13.8. The molecule has 19 heavy (non-hydrogen) atoms. The number of ether oxygens (including phenoxy) is 1. The van der Waals surface area contributed by atoms with Crippen molar-refractivity contribution >= 4 is 27.8 Å². The van der Waals surface area contributed by atoms with Crippen LogP contribution in [-0.2, 0) is 14.3 Å². The van der Waals surface area contributed by atoms with Gasteiger partial charge in [0.1, 0.15) is 6.04 Å². The van der Waals surface area contributed by atoms with E-state index in [1.807, 2.05) is 13.8 Å². The van der Waals surface area contributed by atoms with Gasteiger partial charge in [-0.1, -0.05) is 36.2 Å². The van der Waals surface area contributed by atoms with E-state index in [4.69, 9.17) is 4.74 Å². The maximum Gasteiger partial charge on any atom is 0.328 e. The fourth-order valence-corrected chi connectivity index (χ4v) is 2.15. The third-order valence-electron chi connectivity index (χ3n) is 2.65. The molecule has 1 N–H and O–H groups in total. The van der Waals surface area contributed by atoms with Gasteiger partial charge in [-0.15, -0.1) is 0 Å². The molecular formula is C14H26BrNO3. The van der Waals surface area contributed by atoms with Crippen molar-refractivity contribution in [3.05, 3.63) is 0 Å². The number of carbonyl (C=O) groups is 2. The summed E-state index contributed by atoms with van der Waals surface area (Å²) in [5, 5.41) is 3.75. The third-order valence-corrected chi connectivity index (χ3v) is 3.21. The molecule has 0 rings (SSSR count). The van der Waals surface area contributed by atoms with E-state index in [2.05, 4.69) is 21.2 Å². The van der Waals surface area contributed by atoms with Gasteiger partial charge < -0.3 is 10.1 Å². The summed E-state index contributed by atoms with van der Waals surface area (Å²) in [7, 11) is 0. The quantitative estimate of drug-likeness (QED) is 0.379. The SMILES string of the molecule is CCOC(=O)[C@H](CC(C)C)NC(=O)CCCCCBr. The number of amides is 1. The van der Waals surface area contributed by atoms with Gasteiger partial charge in [-0.25, -0.2) is 4.79 Å². The predicted molar refractivity (Wildman–Crippen MR) is 80.3 cm³/mol. The van der Waals surface area contributed by atoms with Crippen LogP contribution >= 0.6 is 15.9 Å². The number of nitrogens with one attached hydrogen (secondary N) is 1. The molecule has 1 amide bonds. The summed E-state index contributed by atoms with van der Waals surface area (Å²) in [6, 6.07) is -0.511. The van der Waals surface area contributed by atoms with Crippen LogP contribution < -0.4 is 5.32 Å². The highest BCUT2D eigenvalue weighted by Gasteiger charge is 2.22. The molecular weight excluding hydrogens is 310 g/mol. The molecule has 0 unspecified atom stereocenters. The van der Waals surface area contributed by atoms with Crippen LogP contribution in [0.4, 0.5) is 0 Å². The molecule has 112 valence electrons. The largest absolute Gasteiger partial charge is 0.464 e. The molecule has 0 bridgehead atoms. The number of halogens is 1. The number of carbonyl (C=O) groups excluding carboxylic acids is 2. The third kappa shape index (κ3) is 9.93. The number of hydrogen-bond donors (Lipinski definition) is 1. The maximum absolute atomic E-state index is 11.8. The molecule has 0 aromatic carbocycles. The zero-order chi connectivity index (χ0) is 14.7. The summed E-state index contributed by atoms with van der Waals surface area (Å²) in [4.78, 5) is 23.5. The summed E-state index contributed by atoms with van der Waals surface area (Å²) in [6.07, 6.45) is 4.04. The van der Waals surface area contributed by atoms with Gasteiger partial charge in [0.15, 0.2) is 0 Å². The molecule has 0 heterocycles. The van der Waals surface area contributed by atoms with Crippen molar-refractivity contribution < 1.29 is 14.3 Å². The molecule has 0 saturated carbocycles. The van der Waals surface area contributed by atoms with Gasteiger partial charge >= 0.3 is 5.97 Å². The fraction of sp³-hybridized carbons (Fsp3) is 0.857. The first-order valence-corrected chi connectivity index (χ1v) is 8.15. The van der Waals surface area contributed by atoms with E-state index in [1.165, 1.54) is 0 Å². The van der Waals surface area contributed by atoms with E-state index in [0.29, 0.717) is 25.4 Å². The minimum absolute atomic E-state index is 0.0618. The van der Waals surface area contributed by atoms with Gasteiger partial charge in [-0.3, -0.25) is 4.79 Å². The second-order valence-electron chi connectivity index (χ2n) is 5.00. The monoisotopic (exact) mass is 335 g/mol. The minimum Gasteiger partial charge on any atom is -0.464 e. The highest BCUT2D eigenvalue weighted by Crippen LogP contribution is 2.08. The second kappa shape index (κ2) is 11.3. The Labute approximate surface area is 124 Å². The van der Waals surface area contributed by atoms with Crippen LogP contribution in [0.2, 0.25) is 0 Å². The zero-order valence-electron chi connectivity index (χ0n) is 12.2. The Morgan fingerprint density at radius 2 is 1.89 bits per heavy atom. The average molecular weight is 336 g/mol. The molecule has 0 fully saturated rings. The Morgan fingerprint density at radius 3 is 2.42 bits per heavy atom. The highest BCUT2D eigenvalue weighted by molar-refractivity contribution is 9.09. The fourth-order valence-electron chi connectivity index (χ4n) is 1.75. The number of rotatable bonds is 10. The van der Waals surface area contributed by atoms with Crippen molar-refractivity contribution in [3.63, 3.8) is 0 Å². The Hall–Kier alpha value is -0.580. The van der Waals surface area contributed by atoms with Crippen molar-refractivity contribution in [2.45, 2.75) is 58.9 Å². The highest BCUT2D eigenvalue weighted by atomic mass is 79.9. The van der Waals surface area contributed by atoms with Crippen LogP contribution in [0, 0.1) is 5.92 Å². The van der Waals surface area contributed by atoms with Gasteiger partial charge in [-0.2, -0.15) is 0 Å². The van der Waals surface area contributed by atoms with E-state index in [0.717, 1.165) is 24.6 Å². The van der Waals surface area contributed by atoms with Crippen LogP contribution in [-0.4, -0.2) is 29.9 Å². The van der Waals surface area contributed by atoms with Gasteiger partial charge in [0.25, 0.3) is 0 Å². The van der Waals surface area contributed by atoms with Crippen LogP contribution in [0.1, 0.15) is 52.9 Å². The molecule has 0 saturated heterocycles. The van der Waals surface area contributed by atoms with Crippen LogP contribution in [0.15, 0.2) is 0 Å². The molecule has 0 aliphatic heterocycles. The molecule has 0 radical (unpaired) electrons. The Bertz CT molecular complexity index is 269. The lowest BCUT2D eigenvalue weighted by atomic mass is 10.0. The molecule has 0 aromatic heterocycles. The van der Waals surface area contributed by atoms with Crippen molar-refractivity contribution in [2.75, 3.05) is 11.9 Å². The van der Waals surface area contributed by atoms with Gasteiger partial charge in [0, 0.05) is 11.8 Å². The van der Waals surface area contributed by atoms with Crippen molar-refractivity contribution in [1.82, 2.24) is 5.32 Å². The summed E-state index contributed by atoms with van der Waals surface area (Å²) >= 11 is 3.36. The van der Waals surface area contributed by atoms with E-state index >= 15 is 0 Å². The number of hydrogen-bond acceptors (Lipinski definition) is 3. The lowest BCUT2D eigenvalue weighted by molar-refractivity contribution is -0.147.